The van der Waals surface area contributed by atoms with Crippen LogP contribution in [0, 0.1) is 17.8 Å². The molecule has 0 amide bonds. The third-order valence-electron chi connectivity index (χ3n) is 6.12. The van der Waals surface area contributed by atoms with Crippen molar-refractivity contribution in [3.8, 4) is 0 Å². The predicted molar refractivity (Wildman–Crippen MR) is 141 cm³/mol. The maximum Gasteiger partial charge on any atom is 0.120 e. The maximum absolute atomic E-state index is 10.8. The van der Waals surface area contributed by atoms with Gasteiger partial charge in [0, 0.05) is 20.6 Å². The van der Waals surface area contributed by atoms with Crippen molar-refractivity contribution in [1.82, 2.24) is 5.32 Å². The van der Waals surface area contributed by atoms with Crippen LogP contribution in [0.15, 0.2) is 54.3 Å². The SMILES string of the molecule is C=C(CNC)OCc1ccccc1.CCC1CC(CC=O)CC/C(C)=C/CCC1C.COC. The molecule has 3 unspecified atom stereocenters. The Balaban J connectivity index is 0.000000569. The summed E-state index contributed by atoms with van der Waals surface area (Å²) in [6, 6.07) is 10.1. The van der Waals surface area contributed by atoms with Crippen LogP contribution >= 0.6 is 0 Å². The Hall–Kier alpha value is -1.91. The van der Waals surface area contributed by atoms with Crippen molar-refractivity contribution < 1.29 is 14.3 Å². The van der Waals surface area contributed by atoms with Gasteiger partial charge in [-0.2, -0.15) is 0 Å². The molecule has 0 bridgehead atoms. The minimum atomic E-state index is 0.599. The molecule has 1 aromatic carbocycles. The molecular formula is C29H49NO3. The highest BCUT2D eigenvalue weighted by atomic mass is 16.5. The molecule has 0 heterocycles. The highest BCUT2D eigenvalue weighted by Crippen LogP contribution is 2.32. The Morgan fingerprint density at radius 3 is 2.45 bits per heavy atom. The summed E-state index contributed by atoms with van der Waals surface area (Å²) in [6.07, 6.45) is 11.7. The van der Waals surface area contributed by atoms with Crippen LogP contribution < -0.4 is 5.32 Å². The summed E-state index contributed by atoms with van der Waals surface area (Å²) < 4.78 is 9.66. The first-order valence-corrected chi connectivity index (χ1v) is 12.4. The number of hydrogen-bond donors (Lipinski definition) is 1. The van der Waals surface area contributed by atoms with Gasteiger partial charge in [-0.05, 0) is 69.4 Å². The molecule has 1 aliphatic carbocycles. The summed E-state index contributed by atoms with van der Waals surface area (Å²) in [4.78, 5) is 10.8. The molecule has 1 N–H and O–H groups in total. The number of aldehydes is 1. The van der Waals surface area contributed by atoms with Crippen molar-refractivity contribution in [3.63, 3.8) is 0 Å². The number of hydrogen-bond acceptors (Lipinski definition) is 4. The minimum absolute atomic E-state index is 0.599. The molecule has 0 fully saturated rings. The van der Waals surface area contributed by atoms with Crippen LogP contribution in [-0.2, 0) is 20.9 Å². The van der Waals surface area contributed by atoms with Crippen LogP contribution in [0.3, 0.4) is 0 Å². The van der Waals surface area contributed by atoms with Gasteiger partial charge in [-0.3, -0.25) is 0 Å². The van der Waals surface area contributed by atoms with Crippen molar-refractivity contribution in [2.75, 3.05) is 27.8 Å². The normalized spacial score (nSPS) is 22.2. The molecule has 0 radical (unpaired) electrons. The maximum atomic E-state index is 10.8. The van der Waals surface area contributed by atoms with E-state index in [0.29, 0.717) is 19.1 Å². The minimum Gasteiger partial charge on any atom is -0.493 e. The first-order valence-electron chi connectivity index (χ1n) is 12.4. The summed E-state index contributed by atoms with van der Waals surface area (Å²) in [5.74, 6) is 3.00. The van der Waals surface area contributed by atoms with Crippen LogP contribution in [0.2, 0.25) is 0 Å². The van der Waals surface area contributed by atoms with Crippen LogP contribution in [0.4, 0.5) is 0 Å². The quantitative estimate of drug-likeness (QED) is 0.259. The third kappa shape index (κ3) is 16.4. The smallest absolute Gasteiger partial charge is 0.120 e. The van der Waals surface area contributed by atoms with Crippen molar-refractivity contribution in [2.45, 2.75) is 72.3 Å². The number of benzene rings is 1. The number of nitrogens with one attached hydrogen (secondary N) is 1. The zero-order valence-corrected chi connectivity index (χ0v) is 22.1. The number of allylic oxidation sites excluding steroid dienone is 2. The van der Waals surface area contributed by atoms with Crippen molar-refractivity contribution in [1.29, 1.82) is 0 Å². The van der Waals surface area contributed by atoms with Gasteiger partial charge in [0.2, 0.25) is 0 Å². The molecule has 4 heteroatoms. The van der Waals surface area contributed by atoms with Gasteiger partial charge < -0.3 is 19.6 Å². The van der Waals surface area contributed by atoms with E-state index in [1.165, 1.54) is 49.7 Å². The van der Waals surface area contributed by atoms with Crippen molar-refractivity contribution in [3.05, 3.63) is 59.9 Å². The Bertz CT molecular complexity index is 642. The molecule has 1 aromatic rings. The number of carbonyl (C=O) groups is 1. The topological polar surface area (TPSA) is 47.6 Å². The second-order valence-corrected chi connectivity index (χ2v) is 9.07. The Labute approximate surface area is 203 Å². The molecule has 33 heavy (non-hydrogen) atoms. The number of carbonyl (C=O) groups excluding carboxylic acids is 1. The zero-order valence-electron chi connectivity index (χ0n) is 22.1. The van der Waals surface area contributed by atoms with Crippen LogP contribution in [0.25, 0.3) is 0 Å². The van der Waals surface area contributed by atoms with E-state index in [1.807, 2.05) is 37.4 Å². The predicted octanol–water partition coefficient (Wildman–Crippen LogP) is 6.96. The number of likely N-dealkylation sites (N-methyl/N-ethyl adjacent to an activating group) is 1. The number of rotatable bonds is 8. The lowest BCUT2D eigenvalue weighted by atomic mass is 9.78. The van der Waals surface area contributed by atoms with Gasteiger partial charge in [0.25, 0.3) is 0 Å². The van der Waals surface area contributed by atoms with Crippen LogP contribution in [0.5, 0.6) is 0 Å². The molecule has 0 aromatic heterocycles. The van der Waals surface area contributed by atoms with E-state index in [1.54, 1.807) is 14.2 Å². The summed E-state index contributed by atoms with van der Waals surface area (Å²) >= 11 is 0. The summed E-state index contributed by atoms with van der Waals surface area (Å²) in [7, 11) is 5.12. The number of ether oxygens (including phenoxy) is 2. The van der Waals surface area contributed by atoms with Crippen molar-refractivity contribution in [2.24, 2.45) is 17.8 Å². The van der Waals surface area contributed by atoms with E-state index in [4.69, 9.17) is 4.74 Å². The van der Waals surface area contributed by atoms with E-state index in [-0.39, 0.29) is 0 Å². The molecule has 4 nitrogen and oxygen atoms in total. The molecule has 2 rings (SSSR count). The Kier molecular flexibility index (Phi) is 19.5. The molecule has 0 aliphatic heterocycles. The largest absolute Gasteiger partial charge is 0.493 e. The van der Waals surface area contributed by atoms with Gasteiger partial charge >= 0.3 is 0 Å². The first-order chi connectivity index (χ1) is 15.9. The van der Waals surface area contributed by atoms with Gasteiger partial charge in [-0.1, -0.05) is 68.8 Å². The van der Waals surface area contributed by atoms with Crippen LogP contribution in [0.1, 0.15) is 71.3 Å². The third-order valence-corrected chi connectivity index (χ3v) is 6.12. The van der Waals surface area contributed by atoms with E-state index in [0.717, 1.165) is 30.3 Å². The average Bonchev–Trinajstić information content (AvgIpc) is 2.81. The lowest BCUT2D eigenvalue weighted by Crippen LogP contribution is -2.17. The molecule has 0 saturated heterocycles. The molecule has 188 valence electrons. The van der Waals surface area contributed by atoms with Gasteiger partial charge in [0.1, 0.15) is 18.7 Å². The lowest BCUT2D eigenvalue weighted by Gasteiger charge is -2.27. The fraction of sp³-hybridized carbons (Fsp3) is 0.621. The van der Waals surface area contributed by atoms with Gasteiger partial charge in [0.15, 0.2) is 0 Å². The zero-order chi connectivity index (χ0) is 24.9. The number of methoxy groups -OCH3 is 1. The molecular weight excluding hydrogens is 410 g/mol. The van der Waals surface area contributed by atoms with Gasteiger partial charge in [-0.15, -0.1) is 0 Å². The standard InChI is InChI=1S/C16H28O.C11H15NO.C2H6O/c1-4-16-12-15(10-11-17)9-8-13(2)6-5-7-14(16)3;1-10(8-12-2)13-9-11-6-4-3-5-7-11;1-3-2/h6,11,14-16H,4-5,7-10,12H2,1-3H3;3-7,12H,1,8-9H2,2H3;1-2H3/b13-6+;;. The molecule has 3 atom stereocenters. The molecule has 0 spiro atoms. The Morgan fingerprint density at radius 1 is 1.21 bits per heavy atom. The monoisotopic (exact) mass is 459 g/mol. The second kappa shape index (κ2) is 20.7. The van der Waals surface area contributed by atoms with Crippen molar-refractivity contribution >= 4 is 6.29 Å². The van der Waals surface area contributed by atoms with Gasteiger partial charge in [0.05, 0.1) is 6.54 Å². The highest BCUT2D eigenvalue weighted by molar-refractivity contribution is 5.49. The summed E-state index contributed by atoms with van der Waals surface area (Å²) in [5.41, 5.74) is 2.68. The van der Waals surface area contributed by atoms with E-state index in [2.05, 4.69) is 43.5 Å². The highest BCUT2D eigenvalue weighted by Gasteiger charge is 2.21. The summed E-state index contributed by atoms with van der Waals surface area (Å²) in [6.45, 7) is 12.0. The average molecular weight is 460 g/mol. The lowest BCUT2D eigenvalue weighted by molar-refractivity contribution is -0.108. The van der Waals surface area contributed by atoms with Crippen LogP contribution in [-0.4, -0.2) is 34.1 Å². The van der Waals surface area contributed by atoms with E-state index in [9.17, 15) is 4.79 Å². The van der Waals surface area contributed by atoms with E-state index < -0.39 is 0 Å². The summed E-state index contributed by atoms with van der Waals surface area (Å²) in [5, 5.41) is 2.98. The second-order valence-electron chi connectivity index (χ2n) is 9.07. The first kappa shape index (κ1) is 31.1. The Morgan fingerprint density at radius 2 is 1.88 bits per heavy atom. The fourth-order valence-electron chi connectivity index (χ4n) is 4.07. The van der Waals surface area contributed by atoms with E-state index >= 15 is 0 Å². The molecule has 1 aliphatic rings. The fourth-order valence-corrected chi connectivity index (χ4v) is 4.07. The van der Waals surface area contributed by atoms with Gasteiger partial charge in [-0.25, -0.2) is 0 Å². The molecule has 0 saturated carbocycles.